The second kappa shape index (κ2) is 4.17. The number of hydrogen-bond donors (Lipinski definition) is 1. The van der Waals surface area contributed by atoms with E-state index in [0.717, 1.165) is 13.1 Å². The van der Waals surface area contributed by atoms with Gasteiger partial charge in [0.05, 0.1) is 11.2 Å². The Balaban J connectivity index is 1.93. The summed E-state index contributed by atoms with van der Waals surface area (Å²) in [6, 6.07) is 0. The molecule has 3 nitrogen and oxygen atoms in total. The van der Waals surface area contributed by atoms with Crippen LogP contribution in [0.3, 0.4) is 0 Å². The van der Waals surface area contributed by atoms with Crippen LogP contribution >= 0.6 is 0 Å². The lowest BCUT2D eigenvalue weighted by Gasteiger charge is -2.32. The molecule has 2 heterocycles. The van der Waals surface area contributed by atoms with Crippen molar-refractivity contribution in [1.29, 1.82) is 0 Å². The van der Waals surface area contributed by atoms with E-state index in [4.69, 9.17) is 9.31 Å². The van der Waals surface area contributed by atoms with Gasteiger partial charge >= 0.3 is 7.12 Å². The Bertz CT molecular complexity index is 267. The van der Waals surface area contributed by atoms with Crippen molar-refractivity contribution in [3.63, 3.8) is 0 Å². The molecular formula is C12H22BNO2. The molecule has 0 aromatic heterocycles. The van der Waals surface area contributed by atoms with Crippen LogP contribution < -0.4 is 5.32 Å². The summed E-state index contributed by atoms with van der Waals surface area (Å²) >= 11 is 0. The summed E-state index contributed by atoms with van der Waals surface area (Å²) in [6.45, 7) is 10.5. The zero-order valence-corrected chi connectivity index (χ0v) is 10.7. The maximum atomic E-state index is 5.89. The third-order valence-corrected chi connectivity index (χ3v) is 3.91. The van der Waals surface area contributed by atoms with E-state index in [0.29, 0.717) is 5.92 Å². The van der Waals surface area contributed by atoms with Crippen molar-refractivity contribution < 1.29 is 9.31 Å². The lowest BCUT2D eigenvalue weighted by atomic mass is 9.88. The van der Waals surface area contributed by atoms with Gasteiger partial charge in [-0.15, -0.1) is 0 Å². The molecule has 0 aliphatic carbocycles. The molecule has 2 saturated heterocycles. The molecule has 0 radical (unpaired) electrons. The fourth-order valence-electron chi connectivity index (χ4n) is 2.06. The zero-order chi connectivity index (χ0) is 11.8. The van der Waals surface area contributed by atoms with E-state index in [-0.39, 0.29) is 18.3 Å². The lowest BCUT2D eigenvalue weighted by molar-refractivity contribution is 0.00578. The molecule has 0 spiro atoms. The normalized spacial score (nSPS) is 32.8. The minimum Gasteiger partial charge on any atom is -0.400 e. The fraction of sp³-hybridized carbons (Fsp3) is 0.833. The molecule has 0 bridgehead atoms. The van der Waals surface area contributed by atoms with Crippen molar-refractivity contribution in [3.05, 3.63) is 12.1 Å². The molecule has 2 fully saturated rings. The molecule has 0 saturated carbocycles. The number of nitrogens with one attached hydrogen (secondary N) is 1. The van der Waals surface area contributed by atoms with Gasteiger partial charge in [0.2, 0.25) is 0 Å². The summed E-state index contributed by atoms with van der Waals surface area (Å²) < 4.78 is 11.8. The molecule has 0 aromatic rings. The predicted octanol–water partition coefficient (Wildman–Crippen LogP) is 1.78. The van der Waals surface area contributed by atoms with E-state index in [1.807, 2.05) is 0 Å². The smallest absolute Gasteiger partial charge is 0.400 e. The topological polar surface area (TPSA) is 30.5 Å². The van der Waals surface area contributed by atoms with Crippen molar-refractivity contribution in [1.82, 2.24) is 5.32 Å². The summed E-state index contributed by atoms with van der Waals surface area (Å²) in [5.74, 6) is 2.70. The van der Waals surface area contributed by atoms with Crippen LogP contribution in [0.15, 0.2) is 12.1 Å². The summed E-state index contributed by atoms with van der Waals surface area (Å²) in [5.41, 5.74) is -0.453. The highest BCUT2D eigenvalue weighted by atomic mass is 16.7. The Labute approximate surface area is 98.7 Å². The van der Waals surface area contributed by atoms with Crippen molar-refractivity contribution in [3.8, 4) is 0 Å². The van der Waals surface area contributed by atoms with Crippen molar-refractivity contribution >= 4 is 7.12 Å². The standard InChI is InChI=1S/C12H22BNO2/c1-11(2)12(3,4)16-13(15-11)7-5-10-6-8-14-9-10/h5,7,10,14H,6,8-9H2,1-4H3/b7-5+. The van der Waals surface area contributed by atoms with Crippen LogP contribution in [0.25, 0.3) is 0 Å². The van der Waals surface area contributed by atoms with Gasteiger partial charge in [-0.3, -0.25) is 0 Å². The summed E-state index contributed by atoms with van der Waals surface area (Å²) in [6.07, 6.45) is 3.44. The molecule has 2 aliphatic rings. The molecule has 2 aliphatic heterocycles. The van der Waals surface area contributed by atoms with Gasteiger partial charge in [-0.05, 0) is 46.6 Å². The van der Waals surface area contributed by atoms with Gasteiger partial charge in [-0.25, -0.2) is 0 Å². The molecule has 2 rings (SSSR count). The SMILES string of the molecule is CC1(C)OB(/C=C/C2CCNC2)OC1(C)C. The van der Waals surface area contributed by atoms with Crippen molar-refractivity contribution in [2.75, 3.05) is 13.1 Å². The van der Waals surface area contributed by atoms with E-state index in [9.17, 15) is 0 Å². The van der Waals surface area contributed by atoms with Gasteiger partial charge in [0.1, 0.15) is 0 Å². The van der Waals surface area contributed by atoms with Crippen LogP contribution in [0.5, 0.6) is 0 Å². The Morgan fingerprint density at radius 1 is 1.19 bits per heavy atom. The predicted molar refractivity (Wildman–Crippen MR) is 66.2 cm³/mol. The molecule has 16 heavy (non-hydrogen) atoms. The van der Waals surface area contributed by atoms with Crippen LogP contribution in [0.4, 0.5) is 0 Å². The molecule has 90 valence electrons. The van der Waals surface area contributed by atoms with E-state index in [2.05, 4.69) is 45.1 Å². The average Bonchev–Trinajstić information content (AvgIpc) is 2.70. The average molecular weight is 223 g/mol. The molecule has 1 unspecified atom stereocenters. The highest BCUT2D eigenvalue weighted by Crippen LogP contribution is 2.36. The van der Waals surface area contributed by atoms with Gasteiger partial charge < -0.3 is 14.6 Å². The summed E-state index contributed by atoms with van der Waals surface area (Å²) in [4.78, 5) is 0. The van der Waals surface area contributed by atoms with Gasteiger partial charge in [0.25, 0.3) is 0 Å². The highest BCUT2D eigenvalue weighted by molar-refractivity contribution is 6.51. The molecule has 0 aromatic carbocycles. The van der Waals surface area contributed by atoms with Crippen LogP contribution in [-0.4, -0.2) is 31.4 Å². The first-order valence-corrected chi connectivity index (χ1v) is 6.15. The molecule has 4 heteroatoms. The van der Waals surface area contributed by atoms with Crippen molar-refractivity contribution in [2.24, 2.45) is 5.92 Å². The maximum absolute atomic E-state index is 5.89. The Morgan fingerprint density at radius 2 is 1.81 bits per heavy atom. The van der Waals surface area contributed by atoms with Crippen LogP contribution in [-0.2, 0) is 9.31 Å². The van der Waals surface area contributed by atoms with E-state index in [1.165, 1.54) is 6.42 Å². The first-order valence-electron chi connectivity index (χ1n) is 6.15. The quantitative estimate of drug-likeness (QED) is 0.724. The largest absolute Gasteiger partial charge is 0.486 e. The third-order valence-electron chi connectivity index (χ3n) is 3.91. The third kappa shape index (κ3) is 2.34. The fourth-order valence-corrected chi connectivity index (χ4v) is 2.06. The zero-order valence-electron chi connectivity index (χ0n) is 10.7. The van der Waals surface area contributed by atoms with Crippen molar-refractivity contribution in [2.45, 2.75) is 45.3 Å². The number of rotatable bonds is 2. The Hall–Kier alpha value is -0.315. The van der Waals surface area contributed by atoms with E-state index >= 15 is 0 Å². The van der Waals surface area contributed by atoms with Crippen LogP contribution in [0.1, 0.15) is 34.1 Å². The van der Waals surface area contributed by atoms with E-state index < -0.39 is 0 Å². The first-order chi connectivity index (χ1) is 7.41. The number of hydrogen-bond acceptors (Lipinski definition) is 3. The first kappa shape index (κ1) is 12.2. The highest BCUT2D eigenvalue weighted by Gasteiger charge is 2.50. The Morgan fingerprint density at radius 3 is 2.31 bits per heavy atom. The van der Waals surface area contributed by atoms with Crippen LogP contribution in [0, 0.1) is 5.92 Å². The minimum atomic E-state index is -0.226. The second-order valence-corrected chi connectivity index (χ2v) is 5.76. The monoisotopic (exact) mass is 223 g/mol. The maximum Gasteiger partial charge on any atom is 0.486 e. The van der Waals surface area contributed by atoms with Gasteiger partial charge in [0.15, 0.2) is 0 Å². The van der Waals surface area contributed by atoms with Gasteiger partial charge in [-0.2, -0.15) is 0 Å². The molecule has 1 N–H and O–H groups in total. The van der Waals surface area contributed by atoms with Crippen LogP contribution in [0.2, 0.25) is 0 Å². The Kier molecular flexibility index (Phi) is 3.17. The minimum absolute atomic E-state index is 0.189. The second-order valence-electron chi connectivity index (χ2n) is 5.76. The molecule has 1 atom stereocenters. The van der Waals surface area contributed by atoms with E-state index in [1.54, 1.807) is 0 Å². The van der Waals surface area contributed by atoms with Gasteiger partial charge in [-0.1, -0.05) is 12.1 Å². The molecule has 0 amide bonds. The summed E-state index contributed by atoms with van der Waals surface area (Å²) in [5, 5.41) is 3.35. The summed E-state index contributed by atoms with van der Waals surface area (Å²) in [7, 11) is -0.189. The lowest BCUT2D eigenvalue weighted by Crippen LogP contribution is -2.41. The van der Waals surface area contributed by atoms with Gasteiger partial charge in [0, 0.05) is 6.54 Å². The molecular weight excluding hydrogens is 201 g/mol.